The molecule has 0 saturated carbocycles. The molecule has 0 bridgehead atoms. The Balaban J connectivity index is 1.44. The van der Waals surface area contributed by atoms with Gasteiger partial charge in [0.05, 0.1) is 5.56 Å². The van der Waals surface area contributed by atoms with E-state index in [2.05, 4.69) is 45.7 Å². The number of piperidine rings is 1. The van der Waals surface area contributed by atoms with E-state index < -0.39 is 5.97 Å². The number of hydrogen-bond acceptors (Lipinski definition) is 3. The minimum Gasteiger partial charge on any atom is -0.478 e. The average molecular weight is 455 g/mol. The summed E-state index contributed by atoms with van der Waals surface area (Å²) in [6.07, 6.45) is 7.45. The molecule has 2 aromatic rings. The van der Waals surface area contributed by atoms with E-state index in [9.17, 15) is 4.79 Å². The Labute approximate surface area is 180 Å². The van der Waals surface area contributed by atoms with Crippen LogP contribution in [-0.4, -0.2) is 40.1 Å². The van der Waals surface area contributed by atoms with E-state index >= 15 is 0 Å². The summed E-state index contributed by atoms with van der Waals surface area (Å²) >= 11 is 3.69. The number of nitrogens with zero attached hydrogens (tertiary/aromatic N) is 2. The van der Waals surface area contributed by atoms with Crippen LogP contribution in [0.15, 0.2) is 46.6 Å². The summed E-state index contributed by atoms with van der Waals surface area (Å²) in [6.45, 7) is 6.78. The fourth-order valence-corrected chi connectivity index (χ4v) is 5.24. The second-order valence-electron chi connectivity index (χ2n) is 8.32. The number of rotatable bonds is 4. The van der Waals surface area contributed by atoms with E-state index in [1.807, 2.05) is 24.4 Å². The number of pyridine rings is 1. The molecule has 1 fully saturated rings. The predicted octanol–water partition coefficient (Wildman–Crippen LogP) is 5.39. The van der Waals surface area contributed by atoms with Crippen LogP contribution in [-0.2, 0) is 6.42 Å². The third-order valence-electron chi connectivity index (χ3n) is 6.59. The van der Waals surface area contributed by atoms with Gasteiger partial charge in [0.1, 0.15) is 0 Å². The van der Waals surface area contributed by atoms with E-state index in [-0.39, 0.29) is 0 Å². The molecule has 5 heteroatoms. The van der Waals surface area contributed by atoms with Gasteiger partial charge in [0.2, 0.25) is 0 Å². The first-order chi connectivity index (χ1) is 13.9. The smallest absolute Gasteiger partial charge is 0.335 e. The fraction of sp³-hybridized carbons (Fsp3) is 0.417. The number of halogens is 1. The summed E-state index contributed by atoms with van der Waals surface area (Å²) in [7, 11) is 0. The van der Waals surface area contributed by atoms with Crippen molar-refractivity contribution in [2.45, 2.75) is 45.1 Å². The largest absolute Gasteiger partial charge is 0.478 e. The van der Waals surface area contributed by atoms with Crippen molar-refractivity contribution >= 4 is 28.0 Å². The lowest BCUT2D eigenvalue weighted by Gasteiger charge is -2.39. The summed E-state index contributed by atoms with van der Waals surface area (Å²) < 4.78 is 1.13. The highest BCUT2D eigenvalue weighted by molar-refractivity contribution is 9.10. The standard InChI is InChI=1S/C24H27BrN2O2/c1-15-13-23-21(22(25)7-10-26-23)14-20(15)16(2)27-11-8-18(9-12-27)17-3-5-19(6-4-17)24(28)29/h3-7,10,14-16,18H,8-9,11-13H2,1-2H3,(H,28,29)/t15?,16-/m0/s1. The number of benzene rings is 1. The molecule has 1 saturated heterocycles. The molecule has 1 N–H and O–H groups in total. The van der Waals surface area contributed by atoms with E-state index in [1.54, 1.807) is 12.1 Å². The van der Waals surface area contributed by atoms with Crippen molar-refractivity contribution in [3.05, 3.63) is 69.0 Å². The molecular formula is C24H27BrN2O2. The summed E-state index contributed by atoms with van der Waals surface area (Å²) in [5.74, 6) is 0.150. The van der Waals surface area contributed by atoms with Gasteiger partial charge in [-0.05, 0) is 80.4 Å². The van der Waals surface area contributed by atoms with Gasteiger partial charge in [0, 0.05) is 28.0 Å². The SMILES string of the molecule is CC1Cc2nccc(Br)c2C=C1[C@H](C)N1CCC(c2ccc(C(=O)O)cc2)CC1. The highest BCUT2D eigenvalue weighted by Gasteiger charge is 2.30. The Kier molecular flexibility index (Phi) is 5.88. The quantitative estimate of drug-likeness (QED) is 0.672. The normalized spacial score (nSPS) is 21.3. The predicted molar refractivity (Wildman–Crippen MR) is 119 cm³/mol. The van der Waals surface area contributed by atoms with Crippen LogP contribution in [0.25, 0.3) is 6.08 Å². The third-order valence-corrected chi connectivity index (χ3v) is 7.28. The molecule has 4 rings (SSSR count). The minimum atomic E-state index is -0.863. The molecule has 152 valence electrons. The maximum Gasteiger partial charge on any atom is 0.335 e. The van der Waals surface area contributed by atoms with E-state index in [0.717, 1.165) is 36.8 Å². The Morgan fingerprint density at radius 2 is 1.90 bits per heavy atom. The highest BCUT2D eigenvalue weighted by atomic mass is 79.9. The van der Waals surface area contributed by atoms with Crippen LogP contribution in [0.4, 0.5) is 0 Å². The Morgan fingerprint density at radius 1 is 1.21 bits per heavy atom. The van der Waals surface area contributed by atoms with Crippen LogP contribution in [0.3, 0.4) is 0 Å². The van der Waals surface area contributed by atoms with Crippen LogP contribution < -0.4 is 0 Å². The lowest BCUT2D eigenvalue weighted by Crippen LogP contribution is -2.42. The minimum absolute atomic E-state index is 0.360. The first-order valence-electron chi connectivity index (χ1n) is 10.4. The van der Waals surface area contributed by atoms with Gasteiger partial charge >= 0.3 is 5.97 Å². The van der Waals surface area contributed by atoms with Crippen molar-refractivity contribution in [2.75, 3.05) is 13.1 Å². The first kappa shape index (κ1) is 20.3. The van der Waals surface area contributed by atoms with Gasteiger partial charge in [-0.2, -0.15) is 0 Å². The van der Waals surface area contributed by atoms with Gasteiger partial charge in [0.15, 0.2) is 0 Å². The molecule has 1 aliphatic carbocycles. The highest BCUT2D eigenvalue weighted by Crippen LogP contribution is 2.36. The van der Waals surface area contributed by atoms with Crippen LogP contribution in [0.1, 0.15) is 59.8 Å². The van der Waals surface area contributed by atoms with Crippen molar-refractivity contribution in [3.63, 3.8) is 0 Å². The molecule has 2 aliphatic rings. The van der Waals surface area contributed by atoms with Crippen molar-refractivity contribution in [2.24, 2.45) is 5.92 Å². The number of aromatic carboxylic acids is 1. The molecule has 29 heavy (non-hydrogen) atoms. The number of fused-ring (bicyclic) bond motifs is 1. The van der Waals surface area contributed by atoms with Gasteiger partial charge in [-0.1, -0.05) is 41.1 Å². The number of carboxylic acid groups (broad SMARTS) is 1. The molecule has 4 nitrogen and oxygen atoms in total. The van der Waals surface area contributed by atoms with Gasteiger partial charge < -0.3 is 5.11 Å². The second-order valence-corrected chi connectivity index (χ2v) is 9.17. The van der Waals surface area contributed by atoms with E-state index in [1.165, 1.54) is 22.4 Å². The maximum atomic E-state index is 11.1. The third kappa shape index (κ3) is 4.17. The molecule has 2 atom stereocenters. The van der Waals surface area contributed by atoms with Crippen molar-refractivity contribution in [1.82, 2.24) is 9.88 Å². The zero-order valence-corrected chi connectivity index (χ0v) is 18.5. The second kappa shape index (κ2) is 8.41. The number of carboxylic acids is 1. The van der Waals surface area contributed by atoms with Gasteiger partial charge in [-0.15, -0.1) is 0 Å². The molecule has 2 heterocycles. The molecule has 0 radical (unpaired) electrons. The van der Waals surface area contributed by atoms with Crippen LogP contribution in [0.2, 0.25) is 0 Å². The summed E-state index contributed by atoms with van der Waals surface area (Å²) in [6, 6.07) is 9.87. The van der Waals surface area contributed by atoms with E-state index in [4.69, 9.17) is 5.11 Å². The molecule has 0 spiro atoms. The summed E-state index contributed by atoms with van der Waals surface area (Å²) in [5, 5.41) is 9.09. The van der Waals surface area contributed by atoms with Crippen molar-refractivity contribution in [1.29, 1.82) is 0 Å². The van der Waals surface area contributed by atoms with Gasteiger partial charge in [0.25, 0.3) is 0 Å². The molecular weight excluding hydrogens is 428 g/mol. The molecule has 1 unspecified atom stereocenters. The van der Waals surface area contributed by atoms with Gasteiger partial charge in [-0.3, -0.25) is 9.88 Å². The van der Waals surface area contributed by atoms with Gasteiger partial charge in [-0.25, -0.2) is 4.79 Å². The summed E-state index contributed by atoms with van der Waals surface area (Å²) in [5.41, 5.74) is 5.54. The maximum absolute atomic E-state index is 11.1. The fourth-order valence-electron chi connectivity index (χ4n) is 4.78. The molecule has 1 aliphatic heterocycles. The zero-order chi connectivity index (χ0) is 20.5. The topological polar surface area (TPSA) is 53.4 Å². The van der Waals surface area contributed by atoms with Crippen LogP contribution in [0.5, 0.6) is 0 Å². The Morgan fingerprint density at radius 3 is 2.55 bits per heavy atom. The number of aromatic nitrogens is 1. The lowest BCUT2D eigenvalue weighted by molar-refractivity contribution is 0.0697. The molecule has 1 aromatic carbocycles. The Bertz CT molecular complexity index is 930. The number of hydrogen-bond donors (Lipinski definition) is 1. The number of likely N-dealkylation sites (tertiary alicyclic amines) is 1. The van der Waals surface area contributed by atoms with E-state index in [0.29, 0.717) is 23.4 Å². The average Bonchev–Trinajstić information content (AvgIpc) is 2.73. The molecule has 0 amide bonds. The first-order valence-corrected chi connectivity index (χ1v) is 11.2. The lowest BCUT2D eigenvalue weighted by atomic mass is 9.82. The zero-order valence-electron chi connectivity index (χ0n) is 16.9. The monoisotopic (exact) mass is 454 g/mol. The van der Waals surface area contributed by atoms with Crippen molar-refractivity contribution < 1.29 is 9.90 Å². The Hall–Kier alpha value is -1.98. The molecule has 1 aromatic heterocycles. The van der Waals surface area contributed by atoms with Crippen LogP contribution in [0, 0.1) is 5.92 Å². The number of carbonyl (C=O) groups is 1. The summed E-state index contributed by atoms with van der Waals surface area (Å²) in [4.78, 5) is 18.2. The van der Waals surface area contributed by atoms with Crippen LogP contribution >= 0.6 is 15.9 Å². The van der Waals surface area contributed by atoms with Crippen molar-refractivity contribution in [3.8, 4) is 0 Å².